The van der Waals surface area contributed by atoms with E-state index in [2.05, 4.69) is 10.4 Å². The number of aliphatic hydroxyl groups excluding tert-OH is 1. The van der Waals surface area contributed by atoms with Crippen LogP contribution in [0.4, 0.5) is 11.4 Å². The molecule has 1 aromatic carbocycles. The maximum Gasteiger partial charge on any atom is 0.304 e. The molecule has 4 rings (SSSR count). The van der Waals surface area contributed by atoms with E-state index in [4.69, 9.17) is 21.6 Å². The highest BCUT2D eigenvalue weighted by Crippen LogP contribution is 2.28. The minimum absolute atomic E-state index is 0.0664. The molecule has 1 aromatic heterocycles. The monoisotopic (exact) mass is 550 g/mol. The van der Waals surface area contributed by atoms with Crippen molar-refractivity contribution in [2.75, 3.05) is 55.6 Å². The largest absolute Gasteiger partial charge is 0.394 e. The molecular formula is C24H31ClN6O5S. The maximum absolute atomic E-state index is 13.4. The standard InChI is InChI=1S/C24H31ClN6O5S/c25-23-22(27-15-19-2-1-13-36-17-19)16-28-31(24(23)33)21-7-9-29(10-8-21)37(34,35)30(11-12-32)20-5-3-18(14-26)4-6-20/h3-6,16,19,21,27,32H,1-2,7-13,15,17H2/t19-/m1/s1. The van der Waals surface area contributed by atoms with Crippen LogP contribution >= 0.6 is 11.6 Å². The Bertz CT molecular complexity index is 1270. The normalized spacial score (nSPS) is 19.3. The quantitative estimate of drug-likeness (QED) is 0.483. The minimum atomic E-state index is -3.94. The van der Waals surface area contributed by atoms with Crippen LogP contribution in [0.5, 0.6) is 0 Å². The summed E-state index contributed by atoms with van der Waals surface area (Å²) < 4.78 is 36.1. The van der Waals surface area contributed by atoms with Gasteiger partial charge in [-0.25, -0.2) is 4.68 Å². The second-order valence-corrected chi connectivity index (χ2v) is 11.4. The molecule has 37 heavy (non-hydrogen) atoms. The van der Waals surface area contributed by atoms with Crippen LogP contribution in [0.2, 0.25) is 5.02 Å². The number of benzene rings is 1. The van der Waals surface area contributed by atoms with E-state index in [0.717, 1.165) is 23.8 Å². The molecule has 11 nitrogen and oxygen atoms in total. The Morgan fingerprint density at radius 3 is 2.59 bits per heavy atom. The first kappa shape index (κ1) is 27.3. The molecule has 0 unspecified atom stereocenters. The Hall–Kier alpha value is -2.69. The lowest BCUT2D eigenvalue weighted by atomic mass is 10.0. The van der Waals surface area contributed by atoms with Crippen molar-refractivity contribution in [3.8, 4) is 6.07 Å². The van der Waals surface area contributed by atoms with Crippen molar-refractivity contribution in [3.63, 3.8) is 0 Å². The van der Waals surface area contributed by atoms with Crippen LogP contribution in [0.3, 0.4) is 0 Å². The maximum atomic E-state index is 13.4. The van der Waals surface area contributed by atoms with Gasteiger partial charge < -0.3 is 15.2 Å². The van der Waals surface area contributed by atoms with E-state index in [0.29, 0.717) is 48.8 Å². The first-order valence-corrected chi connectivity index (χ1v) is 14.1. The Balaban J connectivity index is 1.42. The van der Waals surface area contributed by atoms with Gasteiger partial charge >= 0.3 is 10.2 Å². The van der Waals surface area contributed by atoms with E-state index in [1.54, 1.807) is 18.3 Å². The number of aromatic nitrogens is 2. The summed E-state index contributed by atoms with van der Waals surface area (Å²) in [5.74, 6) is 0.355. The number of halogens is 1. The molecule has 0 saturated carbocycles. The Labute approximate surface area is 221 Å². The Morgan fingerprint density at radius 1 is 1.24 bits per heavy atom. The van der Waals surface area contributed by atoms with Crippen LogP contribution in [0.1, 0.15) is 37.3 Å². The fourth-order valence-corrected chi connectivity index (χ4v) is 6.53. The van der Waals surface area contributed by atoms with Crippen LogP contribution in [0.25, 0.3) is 0 Å². The van der Waals surface area contributed by atoms with Gasteiger partial charge in [0.05, 0.1) is 55.0 Å². The lowest BCUT2D eigenvalue weighted by Gasteiger charge is -2.35. The summed E-state index contributed by atoms with van der Waals surface area (Å²) in [6.07, 6.45) is 4.38. The molecule has 2 saturated heterocycles. The number of aliphatic hydroxyl groups is 1. The van der Waals surface area contributed by atoms with Crippen molar-refractivity contribution < 1.29 is 18.3 Å². The number of nitriles is 1. The number of nitrogens with one attached hydrogen (secondary N) is 1. The van der Waals surface area contributed by atoms with Gasteiger partial charge in [0.2, 0.25) is 0 Å². The number of hydrogen-bond acceptors (Lipinski definition) is 8. The Kier molecular flexibility index (Phi) is 9.04. The molecule has 0 aliphatic carbocycles. The third kappa shape index (κ3) is 6.25. The van der Waals surface area contributed by atoms with Crippen LogP contribution in [0, 0.1) is 17.2 Å². The summed E-state index contributed by atoms with van der Waals surface area (Å²) in [5, 5.41) is 26.1. The fraction of sp³-hybridized carbons (Fsp3) is 0.542. The first-order chi connectivity index (χ1) is 17.8. The van der Waals surface area contributed by atoms with Crippen molar-refractivity contribution in [1.29, 1.82) is 5.26 Å². The SMILES string of the molecule is N#Cc1ccc(N(CCO)S(=O)(=O)N2CCC(n3ncc(NC[C@H]4CCCOC4)c(Cl)c3=O)CC2)cc1. The van der Waals surface area contributed by atoms with Gasteiger partial charge in [0.1, 0.15) is 5.02 Å². The molecule has 2 aromatic rings. The van der Waals surface area contributed by atoms with Gasteiger partial charge in [-0.05, 0) is 55.9 Å². The van der Waals surface area contributed by atoms with Gasteiger partial charge in [-0.2, -0.15) is 23.1 Å². The van der Waals surface area contributed by atoms with Crippen molar-refractivity contribution >= 4 is 33.2 Å². The molecule has 13 heteroatoms. The van der Waals surface area contributed by atoms with Crippen molar-refractivity contribution in [2.45, 2.75) is 31.7 Å². The number of hydrogen-bond donors (Lipinski definition) is 2. The zero-order valence-corrected chi connectivity index (χ0v) is 22.0. The summed E-state index contributed by atoms with van der Waals surface area (Å²) in [6.45, 7) is 1.98. The van der Waals surface area contributed by atoms with Gasteiger partial charge in [-0.3, -0.25) is 9.10 Å². The van der Waals surface area contributed by atoms with E-state index < -0.39 is 15.8 Å². The first-order valence-electron chi connectivity index (χ1n) is 12.3. The highest BCUT2D eigenvalue weighted by atomic mass is 35.5. The van der Waals surface area contributed by atoms with E-state index >= 15 is 0 Å². The van der Waals surface area contributed by atoms with Crippen LogP contribution in [-0.4, -0.2) is 73.6 Å². The van der Waals surface area contributed by atoms with Crippen LogP contribution in [0.15, 0.2) is 35.3 Å². The average Bonchev–Trinajstić information content (AvgIpc) is 2.93. The topological polar surface area (TPSA) is 141 Å². The molecular weight excluding hydrogens is 520 g/mol. The number of piperidine rings is 1. The third-order valence-corrected chi connectivity index (χ3v) is 9.07. The van der Waals surface area contributed by atoms with E-state index in [-0.39, 0.29) is 37.3 Å². The lowest BCUT2D eigenvalue weighted by molar-refractivity contribution is 0.0595. The Morgan fingerprint density at radius 2 is 1.97 bits per heavy atom. The molecule has 3 heterocycles. The van der Waals surface area contributed by atoms with Crippen LogP contribution in [-0.2, 0) is 14.9 Å². The summed E-state index contributed by atoms with van der Waals surface area (Å²) >= 11 is 6.38. The van der Waals surface area contributed by atoms with Gasteiger partial charge in [-0.15, -0.1) is 0 Å². The molecule has 0 spiro atoms. The predicted molar refractivity (Wildman–Crippen MR) is 140 cm³/mol. The molecule has 1 atom stereocenters. The molecule has 2 N–H and O–H groups in total. The van der Waals surface area contributed by atoms with Crippen molar-refractivity contribution in [3.05, 3.63) is 51.4 Å². The summed E-state index contributed by atoms with van der Waals surface area (Å²) in [5.41, 5.74) is 0.845. The smallest absolute Gasteiger partial charge is 0.304 e. The average molecular weight is 551 g/mol. The number of ether oxygens (including phenoxy) is 1. The van der Waals surface area contributed by atoms with Gasteiger partial charge in [-0.1, -0.05) is 11.6 Å². The molecule has 2 aliphatic heterocycles. The number of rotatable bonds is 9. The zero-order valence-electron chi connectivity index (χ0n) is 20.4. The zero-order chi connectivity index (χ0) is 26.4. The molecule has 200 valence electrons. The number of anilines is 2. The highest BCUT2D eigenvalue weighted by Gasteiger charge is 2.34. The summed E-state index contributed by atoms with van der Waals surface area (Å²) in [7, 11) is -3.94. The van der Waals surface area contributed by atoms with E-state index in [9.17, 15) is 18.3 Å². The minimum Gasteiger partial charge on any atom is -0.394 e. The molecule has 2 fully saturated rings. The lowest BCUT2D eigenvalue weighted by Crippen LogP contribution is -2.49. The van der Waals surface area contributed by atoms with E-state index in [1.807, 2.05) is 6.07 Å². The van der Waals surface area contributed by atoms with Gasteiger partial charge in [0.15, 0.2) is 0 Å². The van der Waals surface area contributed by atoms with Crippen molar-refractivity contribution in [1.82, 2.24) is 14.1 Å². The van der Waals surface area contributed by atoms with Gasteiger partial charge in [0.25, 0.3) is 5.56 Å². The third-order valence-electron chi connectivity index (χ3n) is 6.74. The van der Waals surface area contributed by atoms with Gasteiger partial charge in [0, 0.05) is 26.2 Å². The molecule has 0 amide bonds. The number of nitrogens with zero attached hydrogens (tertiary/aromatic N) is 5. The van der Waals surface area contributed by atoms with Crippen molar-refractivity contribution in [2.24, 2.45) is 5.92 Å². The molecule has 0 radical (unpaired) electrons. The summed E-state index contributed by atoms with van der Waals surface area (Å²) in [6, 6.07) is 7.86. The predicted octanol–water partition coefficient (Wildman–Crippen LogP) is 1.99. The van der Waals surface area contributed by atoms with Crippen LogP contribution < -0.4 is 15.2 Å². The molecule has 0 bridgehead atoms. The fourth-order valence-electron chi connectivity index (χ4n) is 4.68. The highest BCUT2D eigenvalue weighted by molar-refractivity contribution is 7.90. The second kappa shape index (κ2) is 12.2. The van der Waals surface area contributed by atoms with E-state index in [1.165, 1.54) is 21.1 Å². The summed E-state index contributed by atoms with van der Waals surface area (Å²) in [4.78, 5) is 13.0. The molecule has 2 aliphatic rings. The second-order valence-electron chi connectivity index (χ2n) is 9.18.